The van der Waals surface area contributed by atoms with Crippen molar-refractivity contribution >= 4 is 17.7 Å². The van der Waals surface area contributed by atoms with Crippen molar-refractivity contribution in [3.63, 3.8) is 0 Å². The fourth-order valence-corrected chi connectivity index (χ4v) is 1.98. The first-order valence-corrected chi connectivity index (χ1v) is 5.68. The predicted molar refractivity (Wildman–Crippen MR) is 54.5 cm³/mol. The second-order valence-corrected chi connectivity index (χ2v) is 4.04. The molecule has 15 heavy (non-hydrogen) atoms. The van der Waals surface area contributed by atoms with Gasteiger partial charge in [0.15, 0.2) is 5.16 Å². The smallest absolute Gasteiger partial charge is 0.233 e. The summed E-state index contributed by atoms with van der Waals surface area (Å²) >= 11 is 1.37. The third-order valence-corrected chi connectivity index (χ3v) is 2.95. The lowest BCUT2D eigenvalue weighted by atomic mass is 10.4. The Balaban J connectivity index is 1.76. The normalized spacial score (nSPS) is 16.7. The van der Waals surface area contributed by atoms with Gasteiger partial charge in [0.2, 0.25) is 5.91 Å². The molecule has 0 spiro atoms. The molecular weight excluding hydrogens is 216 g/mol. The lowest BCUT2D eigenvalue weighted by Crippen LogP contribution is -2.41. The van der Waals surface area contributed by atoms with Gasteiger partial charge in [-0.15, -0.1) is 0 Å². The Morgan fingerprint density at radius 3 is 3.07 bits per heavy atom. The first-order chi connectivity index (χ1) is 7.36. The van der Waals surface area contributed by atoms with Gasteiger partial charge in [0, 0.05) is 13.1 Å². The molecule has 1 fully saturated rings. The third-order valence-electron chi connectivity index (χ3n) is 2.09. The van der Waals surface area contributed by atoms with E-state index in [1.807, 2.05) is 4.90 Å². The van der Waals surface area contributed by atoms with Gasteiger partial charge in [0.05, 0.1) is 19.0 Å². The third kappa shape index (κ3) is 2.93. The molecule has 7 heteroatoms. The van der Waals surface area contributed by atoms with Crippen LogP contribution in [0, 0.1) is 0 Å². The highest BCUT2D eigenvalue weighted by molar-refractivity contribution is 7.99. The van der Waals surface area contributed by atoms with Gasteiger partial charge >= 0.3 is 0 Å². The second-order valence-electron chi connectivity index (χ2n) is 3.07. The van der Waals surface area contributed by atoms with Crippen molar-refractivity contribution < 1.29 is 9.53 Å². The molecule has 0 aliphatic carbocycles. The van der Waals surface area contributed by atoms with E-state index in [1.165, 1.54) is 18.1 Å². The highest BCUT2D eigenvalue weighted by Gasteiger charge is 2.16. The van der Waals surface area contributed by atoms with Gasteiger partial charge in [0.1, 0.15) is 6.33 Å². The zero-order valence-corrected chi connectivity index (χ0v) is 9.00. The number of amides is 1. The number of ether oxygens (including phenoxy) is 1. The Morgan fingerprint density at radius 1 is 1.60 bits per heavy atom. The maximum Gasteiger partial charge on any atom is 0.233 e. The summed E-state index contributed by atoms with van der Waals surface area (Å²) < 4.78 is 5.17. The molecule has 2 rings (SSSR count). The zero-order valence-electron chi connectivity index (χ0n) is 8.18. The van der Waals surface area contributed by atoms with Gasteiger partial charge in [0.25, 0.3) is 0 Å². The van der Waals surface area contributed by atoms with Crippen LogP contribution >= 0.6 is 11.8 Å². The van der Waals surface area contributed by atoms with Gasteiger partial charge < -0.3 is 9.64 Å². The van der Waals surface area contributed by atoms with E-state index >= 15 is 0 Å². The Kier molecular flexibility index (Phi) is 3.57. The Hall–Kier alpha value is -1.08. The number of thioether (sulfide) groups is 1. The molecule has 6 nitrogen and oxygen atoms in total. The molecule has 1 aromatic heterocycles. The van der Waals surface area contributed by atoms with Crippen LogP contribution in [0.5, 0.6) is 0 Å². The van der Waals surface area contributed by atoms with Crippen molar-refractivity contribution in [1.82, 2.24) is 20.1 Å². The lowest BCUT2D eigenvalue weighted by molar-refractivity contribution is -0.132. The molecule has 1 aliphatic rings. The summed E-state index contributed by atoms with van der Waals surface area (Å²) in [6.07, 6.45) is 1.43. The fraction of sp³-hybridized carbons (Fsp3) is 0.625. The highest BCUT2D eigenvalue weighted by atomic mass is 32.2. The average molecular weight is 228 g/mol. The number of nitrogens with one attached hydrogen (secondary N) is 1. The van der Waals surface area contributed by atoms with Crippen LogP contribution in [0.25, 0.3) is 0 Å². The number of aromatic nitrogens is 3. The number of nitrogens with zero attached hydrogens (tertiary/aromatic N) is 3. The molecule has 1 N–H and O–H groups in total. The molecule has 0 bridgehead atoms. The molecular formula is C8H12N4O2S. The van der Waals surface area contributed by atoms with Crippen LogP contribution in [0.2, 0.25) is 0 Å². The minimum absolute atomic E-state index is 0.125. The number of carbonyl (C=O) groups excluding carboxylic acids is 1. The van der Waals surface area contributed by atoms with Crippen LogP contribution in [0.1, 0.15) is 0 Å². The van der Waals surface area contributed by atoms with Crippen LogP contribution in [-0.4, -0.2) is 58.0 Å². The number of rotatable bonds is 3. The standard InChI is InChI=1S/C8H12N4O2S/c13-7(12-1-3-14-4-2-12)5-15-8-9-6-10-11-8/h6H,1-5H2,(H,9,10,11). The molecule has 1 aliphatic heterocycles. The summed E-state index contributed by atoms with van der Waals surface area (Å²) in [6.45, 7) is 2.66. The van der Waals surface area contributed by atoms with E-state index in [1.54, 1.807) is 0 Å². The number of hydrogen-bond acceptors (Lipinski definition) is 5. The van der Waals surface area contributed by atoms with Crippen molar-refractivity contribution in [1.29, 1.82) is 0 Å². The van der Waals surface area contributed by atoms with Crippen LogP contribution in [0.15, 0.2) is 11.5 Å². The van der Waals surface area contributed by atoms with E-state index in [4.69, 9.17) is 4.74 Å². The summed E-state index contributed by atoms with van der Waals surface area (Å²) in [4.78, 5) is 17.4. The van der Waals surface area contributed by atoms with E-state index in [-0.39, 0.29) is 5.91 Å². The van der Waals surface area contributed by atoms with E-state index in [0.29, 0.717) is 37.2 Å². The highest BCUT2D eigenvalue weighted by Crippen LogP contribution is 2.11. The van der Waals surface area contributed by atoms with E-state index in [9.17, 15) is 4.79 Å². The average Bonchev–Trinajstić information content (AvgIpc) is 2.80. The number of carbonyl (C=O) groups is 1. The number of H-pyrrole nitrogens is 1. The van der Waals surface area contributed by atoms with Crippen molar-refractivity contribution in [3.8, 4) is 0 Å². The molecule has 0 aromatic carbocycles. The minimum Gasteiger partial charge on any atom is -0.378 e. The lowest BCUT2D eigenvalue weighted by Gasteiger charge is -2.26. The Labute approximate surface area is 91.4 Å². The van der Waals surface area contributed by atoms with E-state index < -0.39 is 0 Å². The monoisotopic (exact) mass is 228 g/mol. The van der Waals surface area contributed by atoms with Crippen molar-refractivity contribution in [2.45, 2.75) is 5.16 Å². The van der Waals surface area contributed by atoms with Gasteiger partial charge in [-0.2, -0.15) is 5.10 Å². The van der Waals surface area contributed by atoms with E-state index in [0.717, 1.165) is 0 Å². The first-order valence-electron chi connectivity index (χ1n) is 4.70. The fourth-order valence-electron chi connectivity index (χ4n) is 1.30. The molecule has 1 aromatic rings. The van der Waals surface area contributed by atoms with E-state index in [2.05, 4.69) is 15.2 Å². The number of aromatic amines is 1. The second kappa shape index (κ2) is 5.13. The Bertz CT molecular complexity index is 310. The van der Waals surface area contributed by atoms with Crippen LogP contribution < -0.4 is 0 Å². The molecule has 82 valence electrons. The summed E-state index contributed by atoms with van der Waals surface area (Å²) in [7, 11) is 0. The molecule has 1 amide bonds. The van der Waals surface area contributed by atoms with Gasteiger partial charge in [-0.3, -0.25) is 9.89 Å². The van der Waals surface area contributed by atoms with Crippen molar-refractivity contribution in [2.24, 2.45) is 0 Å². The summed E-state index contributed by atoms with van der Waals surface area (Å²) in [5.41, 5.74) is 0. The molecule has 0 unspecified atom stereocenters. The van der Waals surface area contributed by atoms with Crippen LogP contribution in [0.3, 0.4) is 0 Å². The largest absolute Gasteiger partial charge is 0.378 e. The SMILES string of the molecule is O=C(CSc1ncn[nH]1)N1CCOCC1. The number of hydrogen-bond donors (Lipinski definition) is 1. The molecule has 1 saturated heterocycles. The predicted octanol–water partition coefficient (Wildman–Crippen LogP) is -0.244. The molecule has 0 radical (unpaired) electrons. The van der Waals surface area contributed by atoms with Gasteiger partial charge in [-0.1, -0.05) is 11.8 Å². The Morgan fingerprint density at radius 2 is 2.40 bits per heavy atom. The zero-order chi connectivity index (χ0) is 10.5. The summed E-state index contributed by atoms with van der Waals surface area (Å²) in [6, 6.07) is 0. The van der Waals surface area contributed by atoms with Crippen LogP contribution in [0.4, 0.5) is 0 Å². The topological polar surface area (TPSA) is 71.1 Å². The van der Waals surface area contributed by atoms with Gasteiger partial charge in [-0.05, 0) is 0 Å². The van der Waals surface area contributed by atoms with Crippen LogP contribution in [-0.2, 0) is 9.53 Å². The quantitative estimate of drug-likeness (QED) is 0.723. The van der Waals surface area contributed by atoms with Gasteiger partial charge in [-0.25, -0.2) is 4.98 Å². The molecule has 0 saturated carbocycles. The summed E-state index contributed by atoms with van der Waals surface area (Å²) in [5.74, 6) is 0.523. The van der Waals surface area contributed by atoms with Crippen molar-refractivity contribution in [2.75, 3.05) is 32.1 Å². The minimum atomic E-state index is 0.125. The number of morpholine rings is 1. The molecule has 0 atom stereocenters. The maximum atomic E-state index is 11.7. The van der Waals surface area contributed by atoms with Crippen molar-refractivity contribution in [3.05, 3.63) is 6.33 Å². The molecule has 2 heterocycles. The first kappa shape index (κ1) is 10.4. The summed E-state index contributed by atoms with van der Waals surface area (Å²) in [5, 5.41) is 7.09. The maximum absolute atomic E-state index is 11.7.